The number of hydrogen-bond acceptors (Lipinski definition) is 1. The van der Waals surface area contributed by atoms with Crippen LogP contribution in [0.15, 0.2) is 127 Å². The molecule has 0 amide bonds. The Labute approximate surface area is 200 Å². The summed E-state index contributed by atoms with van der Waals surface area (Å²) in [6, 6.07) is 44.7. The molecule has 0 saturated carbocycles. The van der Waals surface area contributed by atoms with Crippen molar-refractivity contribution in [1.82, 2.24) is 0 Å². The number of rotatable bonds is 6. The molecule has 0 N–H and O–H groups in total. The summed E-state index contributed by atoms with van der Waals surface area (Å²) < 4.78 is 5.41. The van der Waals surface area contributed by atoms with Crippen molar-refractivity contribution >= 4 is 43.9 Å². The minimum atomic E-state index is -3.34. The minimum absolute atomic E-state index is 0.729. The zero-order chi connectivity index (χ0) is 22.8. The Morgan fingerprint density at radius 2 is 1.03 bits per heavy atom. The van der Waals surface area contributed by atoms with Gasteiger partial charge in [0.25, 0.3) is 0 Å². The molecule has 3 heteroatoms. The summed E-state index contributed by atoms with van der Waals surface area (Å²) in [5, 5.41) is 5.88. The van der Waals surface area contributed by atoms with Crippen LogP contribution in [-0.2, 0) is 6.16 Å². The Morgan fingerprint density at radius 1 is 0.576 bits per heavy atom. The van der Waals surface area contributed by atoms with E-state index in [1.807, 2.05) is 6.07 Å². The molecule has 5 aromatic rings. The Hall–Kier alpha value is -3.12. The monoisotopic (exact) mass is 468 g/mol. The van der Waals surface area contributed by atoms with Crippen LogP contribution in [0.4, 0.5) is 0 Å². The van der Waals surface area contributed by atoms with Crippen LogP contribution in [0.1, 0.15) is 5.56 Å². The fraction of sp³-hybridized carbons (Fsp3) is 0.0667. The van der Waals surface area contributed by atoms with Crippen LogP contribution in [0.3, 0.4) is 0 Å². The molecule has 5 aromatic carbocycles. The molecule has 33 heavy (non-hydrogen) atoms. The predicted molar refractivity (Wildman–Crippen MR) is 145 cm³/mol. The van der Waals surface area contributed by atoms with Gasteiger partial charge in [-0.1, -0.05) is 0 Å². The molecule has 0 atom stereocenters. The first-order valence-electron chi connectivity index (χ1n) is 11.1. The molecular formula is C30H26ClOP. The molecule has 0 aromatic heterocycles. The van der Waals surface area contributed by atoms with Crippen molar-refractivity contribution < 1.29 is 4.74 Å². The molecule has 5 rings (SSSR count). The second-order valence-electron chi connectivity index (χ2n) is 8.40. The Bertz CT molecular complexity index is 1290. The molecule has 0 bridgehead atoms. The average Bonchev–Trinajstić information content (AvgIpc) is 2.90. The second kappa shape index (κ2) is 8.67. The van der Waals surface area contributed by atoms with Crippen molar-refractivity contribution in [3.8, 4) is 5.75 Å². The van der Waals surface area contributed by atoms with Crippen LogP contribution >= 0.6 is 17.2 Å². The normalized spacial score (nSPS) is 12.7. The molecule has 0 fully saturated rings. The first kappa shape index (κ1) is 21.7. The third-order valence-electron chi connectivity index (χ3n) is 6.47. The number of hydrogen-bond donors (Lipinski definition) is 0. The van der Waals surface area contributed by atoms with Gasteiger partial charge in [-0.25, -0.2) is 0 Å². The van der Waals surface area contributed by atoms with Gasteiger partial charge in [-0.3, -0.25) is 0 Å². The van der Waals surface area contributed by atoms with Gasteiger partial charge in [-0.05, 0) is 0 Å². The molecule has 0 unspecified atom stereocenters. The van der Waals surface area contributed by atoms with E-state index in [9.17, 15) is 0 Å². The van der Waals surface area contributed by atoms with Crippen LogP contribution in [0.25, 0.3) is 10.8 Å². The molecular weight excluding hydrogens is 443 g/mol. The zero-order valence-electron chi connectivity index (χ0n) is 18.6. The summed E-state index contributed by atoms with van der Waals surface area (Å²) in [5.41, 5.74) is 1.22. The molecule has 0 radical (unpaired) electrons. The van der Waals surface area contributed by atoms with Gasteiger partial charge in [0.1, 0.15) is 0 Å². The van der Waals surface area contributed by atoms with Crippen LogP contribution in [0, 0.1) is 0 Å². The molecule has 0 aliphatic carbocycles. The Kier molecular flexibility index (Phi) is 5.71. The number of fused-ring (bicyclic) bond motifs is 1. The van der Waals surface area contributed by atoms with E-state index >= 15 is 0 Å². The van der Waals surface area contributed by atoms with Crippen molar-refractivity contribution in [2.24, 2.45) is 0 Å². The first-order valence-corrected chi connectivity index (χ1v) is 14.4. The molecule has 0 aliphatic heterocycles. The van der Waals surface area contributed by atoms with Gasteiger partial charge in [0.2, 0.25) is 0 Å². The van der Waals surface area contributed by atoms with E-state index in [0.29, 0.717) is 0 Å². The number of methoxy groups -OCH3 is 1. The standard InChI is InChI=1S/C30H26ClOP/c1-32-27-20-19-25-21-24(17-18-26(25)22-27)23-33(31,28-11-5-2-6-12-28,29-13-7-3-8-14-29)30-15-9-4-10-16-30/h2-22H,23H2,1H3. The topological polar surface area (TPSA) is 9.23 Å². The van der Waals surface area contributed by atoms with E-state index in [4.69, 9.17) is 16.0 Å². The van der Waals surface area contributed by atoms with Crippen molar-refractivity contribution in [3.63, 3.8) is 0 Å². The first-order chi connectivity index (χ1) is 16.1. The fourth-order valence-electron chi connectivity index (χ4n) is 4.78. The van der Waals surface area contributed by atoms with E-state index in [0.717, 1.165) is 17.3 Å². The molecule has 164 valence electrons. The number of halogens is 1. The summed E-state index contributed by atoms with van der Waals surface area (Å²) in [5.74, 6) is -2.48. The quantitative estimate of drug-likeness (QED) is 0.243. The van der Waals surface area contributed by atoms with Crippen molar-refractivity contribution in [3.05, 3.63) is 133 Å². The van der Waals surface area contributed by atoms with E-state index in [1.165, 1.54) is 26.9 Å². The Balaban J connectivity index is 1.78. The molecule has 0 saturated heterocycles. The third-order valence-corrected chi connectivity index (χ3v) is 13.7. The van der Waals surface area contributed by atoms with Gasteiger partial charge in [0.15, 0.2) is 0 Å². The van der Waals surface area contributed by atoms with Gasteiger partial charge < -0.3 is 0 Å². The zero-order valence-corrected chi connectivity index (χ0v) is 20.2. The van der Waals surface area contributed by atoms with Gasteiger partial charge in [0, 0.05) is 0 Å². The van der Waals surface area contributed by atoms with Crippen LogP contribution in [0.5, 0.6) is 5.75 Å². The maximum atomic E-state index is 8.22. The summed E-state index contributed by atoms with van der Waals surface area (Å²) in [6.07, 6.45) is 0.729. The van der Waals surface area contributed by atoms with Crippen molar-refractivity contribution in [2.75, 3.05) is 7.11 Å². The maximum absolute atomic E-state index is 8.22. The van der Waals surface area contributed by atoms with Crippen molar-refractivity contribution in [2.45, 2.75) is 6.16 Å². The van der Waals surface area contributed by atoms with Gasteiger partial charge in [0.05, 0.1) is 0 Å². The van der Waals surface area contributed by atoms with E-state index in [-0.39, 0.29) is 0 Å². The van der Waals surface area contributed by atoms with E-state index < -0.39 is 5.96 Å². The summed E-state index contributed by atoms with van der Waals surface area (Å²) >= 11 is 8.22. The fourth-order valence-corrected chi connectivity index (χ4v) is 10.9. The second-order valence-corrected chi connectivity index (χ2v) is 14.9. The molecule has 0 spiro atoms. The number of benzene rings is 5. The molecule has 0 aliphatic rings. The third kappa shape index (κ3) is 3.72. The molecule has 0 heterocycles. The molecule has 1 nitrogen and oxygen atoms in total. The summed E-state index contributed by atoms with van der Waals surface area (Å²) in [7, 11) is 1.70. The van der Waals surface area contributed by atoms with Crippen molar-refractivity contribution in [1.29, 1.82) is 0 Å². The van der Waals surface area contributed by atoms with Crippen LogP contribution in [0.2, 0.25) is 0 Å². The average molecular weight is 469 g/mol. The summed E-state index contributed by atoms with van der Waals surface area (Å²) in [6.45, 7) is 0. The van der Waals surface area contributed by atoms with E-state index in [1.54, 1.807) is 7.11 Å². The van der Waals surface area contributed by atoms with Gasteiger partial charge in [-0.15, -0.1) is 0 Å². The van der Waals surface area contributed by atoms with Gasteiger partial charge >= 0.3 is 201 Å². The van der Waals surface area contributed by atoms with Gasteiger partial charge in [-0.2, -0.15) is 0 Å². The SMILES string of the molecule is COc1ccc2cc(CP(Cl)(c3ccccc3)(c3ccccc3)c3ccccc3)ccc2c1. The van der Waals surface area contributed by atoms with E-state index in [2.05, 4.69) is 121 Å². The Morgan fingerprint density at radius 3 is 1.52 bits per heavy atom. The van der Waals surface area contributed by atoms with Crippen LogP contribution in [-0.4, -0.2) is 7.11 Å². The van der Waals surface area contributed by atoms with Crippen LogP contribution < -0.4 is 20.7 Å². The predicted octanol–water partition coefficient (Wildman–Crippen LogP) is 7.03. The number of ether oxygens (including phenoxy) is 1. The summed E-state index contributed by atoms with van der Waals surface area (Å²) in [4.78, 5) is 0.